The van der Waals surface area contributed by atoms with Crippen LogP contribution in [-0.4, -0.2) is 73.7 Å². The highest BCUT2D eigenvalue weighted by atomic mass is 127. The van der Waals surface area contributed by atoms with E-state index in [1.165, 1.54) is 58.3 Å². The molecule has 142 valence electrons. The lowest BCUT2D eigenvalue weighted by Gasteiger charge is -2.50. The van der Waals surface area contributed by atoms with Crippen LogP contribution in [0.1, 0.15) is 52.9 Å². The molecule has 2 N–H and O–H groups in total. The van der Waals surface area contributed by atoms with E-state index in [-0.39, 0.29) is 29.5 Å². The summed E-state index contributed by atoms with van der Waals surface area (Å²) in [5.74, 6) is 0.924. The highest BCUT2D eigenvalue weighted by Crippen LogP contribution is 2.30. The van der Waals surface area contributed by atoms with Crippen LogP contribution < -0.4 is 10.6 Å². The predicted molar refractivity (Wildman–Crippen MR) is 115 cm³/mol. The number of nitrogens with one attached hydrogen (secondary N) is 2. The molecule has 24 heavy (non-hydrogen) atoms. The van der Waals surface area contributed by atoms with Crippen molar-refractivity contribution in [1.29, 1.82) is 0 Å². The Morgan fingerprint density at radius 2 is 1.62 bits per heavy atom. The Morgan fingerprint density at radius 1 is 1.04 bits per heavy atom. The van der Waals surface area contributed by atoms with Gasteiger partial charge in [-0.1, -0.05) is 6.42 Å². The number of hydrogen-bond donors (Lipinski definition) is 2. The molecule has 2 saturated heterocycles. The Labute approximate surface area is 166 Å². The Morgan fingerprint density at radius 3 is 2.12 bits per heavy atom. The fourth-order valence-corrected chi connectivity index (χ4v) is 3.79. The Bertz CT molecular complexity index is 391. The number of piperidine rings is 2. The number of rotatable bonds is 3. The van der Waals surface area contributed by atoms with Crippen molar-refractivity contribution in [2.45, 2.75) is 64.0 Å². The van der Waals surface area contributed by atoms with E-state index in [1.807, 2.05) is 7.05 Å². The topological polar surface area (TPSA) is 42.9 Å². The van der Waals surface area contributed by atoms with Crippen LogP contribution in [0.4, 0.5) is 0 Å². The highest BCUT2D eigenvalue weighted by Gasteiger charge is 2.39. The first kappa shape index (κ1) is 22.0. The zero-order chi connectivity index (χ0) is 16.9. The van der Waals surface area contributed by atoms with Gasteiger partial charge in [0.15, 0.2) is 5.96 Å². The normalized spacial score (nSPS) is 23.5. The lowest BCUT2D eigenvalue weighted by atomic mass is 9.84. The lowest BCUT2D eigenvalue weighted by molar-refractivity contribution is 0.0172. The molecule has 0 saturated carbocycles. The molecule has 0 amide bonds. The molecular weight excluding hydrogens is 413 g/mol. The summed E-state index contributed by atoms with van der Waals surface area (Å²) in [5.41, 5.74) is 0.329. The van der Waals surface area contributed by atoms with E-state index in [0.29, 0.717) is 5.54 Å². The molecule has 0 aromatic carbocycles. The molecule has 2 rings (SSSR count). The van der Waals surface area contributed by atoms with Gasteiger partial charge in [0.2, 0.25) is 0 Å². The van der Waals surface area contributed by atoms with E-state index in [2.05, 4.69) is 53.2 Å². The monoisotopic (exact) mass is 451 g/mol. The van der Waals surface area contributed by atoms with Crippen LogP contribution in [-0.2, 0) is 0 Å². The van der Waals surface area contributed by atoms with Gasteiger partial charge in [-0.05, 0) is 79.7 Å². The van der Waals surface area contributed by atoms with Crippen molar-refractivity contribution in [2.24, 2.45) is 4.99 Å². The molecule has 0 atom stereocenters. The third-order valence-electron chi connectivity index (χ3n) is 5.25. The third kappa shape index (κ3) is 6.33. The van der Waals surface area contributed by atoms with Crippen LogP contribution in [0.15, 0.2) is 4.99 Å². The molecule has 0 unspecified atom stereocenters. The Balaban J connectivity index is 0.00000288. The molecule has 0 aliphatic carbocycles. The summed E-state index contributed by atoms with van der Waals surface area (Å²) in [6, 6.07) is 0. The molecule has 2 aliphatic rings. The molecular formula is C18H38IN5. The number of aliphatic imine (C=N–C) groups is 1. The van der Waals surface area contributed by atoms with Crippen LogP contribution in [0.5, 0.6) is 0 Å². The summed E-state index contributed by atoms with van der Waals surface area (Å²) in [4.78, 5) is 9.64. The van der Waals surface area contributed by atoms with Crippen LogP contribution in [0.2, 0.25) is 0 Å². The van der Waals surface area contributed by atoms with Gasteiger partial charge >= 0.3 is 0 Å². The first-order valence-corrected chi connectivity index (χ1v) is 9.27. The molecule has 0 bridgehead atoms. The lowest BCUT2D eigenvalue weighted by Crippen LogP contribution is -2.62. The van der Waals surface area contributed by atoms with Gasteiger partial charge in [0.25, 0.3) is 0 Å². The van der Waals surface area contributed by atoms with Crippen LogP contribution in [0.3, 0.4) is 0 Å². The fraction of sp³-hybridized carbons (Fsp3) is 0.944. The van der Waals surface area contributed by atoms with Crippen molar-refractivity contribution in [3.05, 3.63) is 0 Å². The minimum atomic E-state index is 0. The average molecular weight is 451 g/mol. The molecule has 0 aromatic rings. The minimum absolute atomic E-state index is 0. The molecule has 0 spiro atoms. The summed E-state index contributed by atoms with van der Waals surface area (Å²) in [6.07, 6.45) is 6.61. The summed E-state index contributed by atoms with van der Waals surface area (Å²) in [5, 5.41) is 7.11. The maximum atomic E-state index is 4.41. The standard InChI is InChI=1S/C18H37N5.HI/c1-17(2,3)21-16(19-4)20-15-18(9-13-22(5)14-10-18)23-11-7-6-8-12-23;/h6-15H2,1-5H3,(H2,19,20,21);1H. The van der Waals surface area contributed by atoms with Crippen LogP contribution in [0, 0.1) is 0 Å². The van der Waals surface area contributed by atoms with E-state index >= 15 is 0 Å². The minimum Gasteiger partial charge on any atom is -0.355 e. The smallest absolute Gasteiger partial charge is 0.191 e. The van der Waals surface area contributed by atoms with Crippen LogP contribution in [0.25, 0.3) is 0 Å². The zero-order valence-electron chi connectivity index (χ0n) is 16.3. The Hall–Kier alpha value is -0.0800. The van der Waals surface area contributed by atoms with Gasteiger partial charge in [-0.3, -0.25) is 9.89 Å². The van der Waals surface area contributed by atoms with Gasteiger partial charge in [-0.25, -0.2) is 0 Å². The highest BCUT2D eigenvalue weighted by molar-refractivity contribution is 14.0. The molecule has 0 aromatic heterocycles. The maximum absolute atomic E-state index is 4.41. The van der Waals surface area contributed by atoms with E-state index in [1.54, 1.807) is 0 Å². The maximum Gasteiger partial charge on any atom is 0.191 e. The van der Waals surface area contributed by atoms with Crippen molar-refractivity contribution >= 4 is 29.9 Å². The second-order valence-electron chi connectivity index (χ2n) is 8.38. The molecule has 2 fully saturated rings. The summed E-state index contributed by atoms with van der Waals surface area (Å²) in [7, 11) is 4.11. The second-order valence-corrected chi connectivity index (χ2v) is 8.38. The van der Waals surface area contributed by atoms with Gasteiger partial charge in [-0.2, -0.15) is 0 Å². The number of nitrogens with zero attached hydrogens (tertiary/aromatic N) is 3. The molecule has 6 heteroatoms. The van der Waals surface area contributed by atoms with E-state index in [0.717, 1.165) is 12.5 Å². The first-order chi connectivity index (χ1) is 10.8. The first-order valence-electron chi connectivity index (χ1n) is 9.27. The van der Waals surface area contributed by atoms with Crippen molar-refractivity contribution in [1.82, 2.24) is 20.4 Å². The SMILES string of the molecule is CN=C(NCC1(N2CCCCC2)CCN(C)CC1)NC(C)(C)C.I. The van der Waals surface area contributed by atoms with Crippen molar-refractivity contribution in [3.63, 3.8) is 0 Å². The number of halogens is 1. The van der Waals surface area contributed by atoms with Gasteiger partial charge in [0.05, 0.1) is 0 Å². The fourth-order valence-electron chi connectivity index (χ4n) is 3.79. The summed E-state index contributed by atoms with van der Waals surface area (Å²) >= 11 is 0. The van der Waals surface area contributed by atoms with Crippen molar-refractivity contribution < 1.29 is 0 Å². The summed E-state index contributed by atoms with van der Waals surface area (Å²) < 4.78 is 0. The van der Waals surface area contributed by atoms with Gasteiger partial charge in [0, 0.05) is 24.7 Å². The average Bonchev–Trinajstić information content (AvgIpc) is 2.53. The summed E-state index contributed by atoms with van der Waals surface area (Å²) in [6.45, 7) is 12.4. The van der Waals surface area contributed by atoms with Crippen molar-refractivity contribution in [2.75, 3.05) is 46.8 Å². The van der Waals surface area contributed by atoms with Crippen LogP contribution >= 0.6 is 24.0 Å². The zero-order valence-corrected chi connectivity index (χ0v) is 18.7. The van der Waals surface area contributed by atoms with Crippen molar-refractivity contribution in [3.8, 4) is 0 Å². The molecule has 0 radical (unpaired) electrons. The van der Waals surface area contributed by atoms with E-state index in [9.17, 15) is 0 Å². The molecule has 2 heterocycles. The largest absolute Gasteiger partial charge is 0.355 e. The number of guanidine groups is 1. The van der Waals surface area contributed by atoms with E-state index < -0.39 is 0 Å². The van der Waals surface area contributed by atoms with E-state index in [4.69, 9.17) is 0 Å². The number of likely N-dealkylation sites (tertiary alicyclic amines) is 2. The van der Waals surface area contributed by atoms with Gasteiger partial charge in [0.1, 0.15) is 0 Å². The quantitative estimate of drug-likeness (QED) is 0.393. The number of hydrogen-bond acceptors (Lipinski definition) is 3. The Kier molecular flexibility index (Phi) is 8.76. The molecule has 2 aliphatic heterocycles. The predicted octanol–water partition coefficient (Wildman–Crippen LogP) is 2.52. The molecule has 5 nitrogen and oxygen atoms in total. The third-order valence-corrected chi connectivity index (χ3v) is 5.25. The second kappa shape index (κ2) is 9.57. The van der Waals surface area contributed by atoms with Gasteiger partial charge < -0.3 is 15.5 Å². The van der Waals surface area contributed by atoms with Gasteiger partial charge in [-0.15, -0.1) is 24.0 Å².